The molecule has 1 aliphatic rings. The molecule has 0 radical (unpaired) electrons. The number of hydrogen-bond acceptors (Lipinski definition) is 8. The third-order valence-corrected chi connectivity index (χ3v) is 6.97. The van der Waals surface area contributed by atoms with E-state index in [1.165, 1.54) is 12.1 Å². The number of nitrogens with one attached hydrogen (secondary N) is 4. The van der Waals surface area contributed by atoms with E-state index in [0.717, 1.165) is 18.2 Å². The smallest absolute Gasteiger partial charge is 0.325 e. The maximum atomic E-state index is 12.7. The summed E-state index contributed by atoms with van der Waals surface area (Å²) in [6, 6.07) is 11.9. The van der Waals surface area contributed by atoms with Crippen molar-refractivity contribution in [1.82, 2.24) is 15.5 Å². The largest absolute Gasteiger partial charge is 0.468 e. The number of amidine groups is 1. The van der Waals surface area contributed by atoms with Crippen molar-refractivity contribution in [3.8, 4) is 0 Å². The molecule has 0 bridgehead atoms. The minimum atomic E-state index is -4.01. The molecular formula is C23H29N5O6S. The molecule has 35 heavy (non-hydrogen) atoms. The zero-order valence-corrected chi connectivity index (χ0v) is 20.2. The van der Waals surface area contributed by atoms with Gasteiger partial charge in [-0.05, 0) is 36.6 Å². The van der Waals surface area contributed by atoms with Gasteiger partial charge < -0.3 is 15.8 Å². The number of carbonyl (C=O) groups is 2. The van der Waals surface area contributed by atoms with Crippen LogP contribution in [0.3, 0.4) is 0 Å². The molecule has 6 N–H and O–H groups in total. The van der Waals surface area contributed by atoms with Gasteiger partial charge in [0.05, 0.1) is 30.6 Å². The molecule has 3 rings (SSSR count). The number of nitrogens with two attached hydrogens (primary N) is 1. The number of hydrogen-bond donors (Lipinski definition) is 5. The summed E-state index contributed by atoms with van der Waals surface area (Å²) in [5.74, 6) is -1.25. The van der Waals surface area contributed by atoms with Gasteiger partial charge in [-0.2, -0.15) is 10.2 Å². The van der Waals surface area contributed by atoms with Gasteiger partial charge in [0, 0.05) is 12.1 Å². The number of esters is 1. The summed E-state index contributed by atoms with van der Waals surface area (Å²) in [6.45, 7) is 1.47. The number of benzene rings is 2. The van der Waals surface area contributed by atoms with Crippen molar-refractivity contribution >= 4 is 27.7 Å². The fourth-order valence-electron chi connectivity index (χ4n) is 3.61. The minimum Gasteiger partial charge on any atom is -0.468 e. The first kappa shape index (κ1) is 26.3. The highest BCUT2D eigenvalue weighted by atomic mass is 32.2. The second-order valence-corrected chi connectivity index (χ2v) is 9.92. The summed E-state index contributed by atoms with van der Waals surface area (Å²) < 4.78 is 32.4. The Morgan fingerprint density at radius 1 is 1.26 bits per heavy atom. The number of rotatable bonds is 10. The number of hydroxylamine groups is 1. The number of aryl methyl sites for hydroxylation is 1. The first-order chi connectivity index (χ1) is 16.6. The molecule has 1 aliphatic heterocycles. The SMILES string of the molecule is COC(=O)[C@H](CNC(=O)C[C@@H]1CC(c2ccc(C(=N)N)cc2)NO1)NS(=O)(=O)c1cccc(C)c1. The average Bonchev–Trinajstić information content (AvgIpc) is 3.29. The maximum absolute atomic E-state index is 12.7. The van der Waals surface area contributed by atoms with Gasteiger partial charge in [0.1, 0.15) is 11.9 Å². The molecule has 11 nitrogen and oxygen atoms in total. The topological polar surface area (TPSA) is 173 Å². The van der Waals surface area contributed by atoms with E-state index in [9.17, 15) is 18.0 Å². The van der Waals surface area contributed by atoms with Crippen molar-refractivity contribution in [3.05, 3.63) is 65.2 Å². The monoisotopic (exact) mass is 503 g/mol. The first-order valence-corrected chi connectivity index (χ1v) is 12.4. The van der Waals surface area contributed by atoms with Crippen LogP contribution in [0, 0.1) is 12.3 Å². The molecule has 1 heterocycles. The molecule has 12 heteroatoms. The van der Waals surface area contributed by atoms with E-state index in [1.807, 2.05) is 12.1 Å². The fourth-order valence-corrected chi connectivity index (χ4v) is 4.90. The Hall–Kier alpha value is -3.32. The predicted molar refractivity (Wildman–Crippen MR) is 128 cm³/mol. The molecule has 1 fully saturated rings. The summed E-state index contributed by atoms with van der Waals surface area (Å²) in [6.07, 6.45) is 0.105. The van der Waals surface area contributed by atoms with Crippen LogP contribution >= 0.6 is 0 Å². The Morgan fingerprint density at radius 3 is 2.60 bits per heavy atom. The van der Waals surface area contributed by atoms with E-state index >= 15 is 0 Å². The molecule has 0 spiro atoms. The van der Waals surface area contributed by atoms with Crippen LogP contribution in [-0.4, -0.2) is 51.9 Å². The third-order valence-electron chi connectivity index (χ3n) is 5.50. The van der Waals surface area contributed by atoms with E-state index in [1.54, 1.807) is 31.2 Å². The lowest BCUT2D eigenvalue weighted by Crippen LogP contribution is -2.49. The number of nitrogen functional groups attached to an aromatic ring is 1. The van der Waals surface area contributed by atoms with Gasteiger partial charge in [-0.1, -0.05) is 36.4 Å². The zero-order chi connectivity index (χ0) is 25.6. The summed E-state index contributed by atoms with van der Waals surface area (Å²) in [4.78, 5) is 30.1. The Kier molecular flexibility index (Phi) is 8.57. The Bertz CT molecular complexity index is 1190. The van der Waals surface area contributed by atoms with Crippen molar-refractivity contribution in [2.45, 2.75) is 42.8 Å². The van der Waals surface area contributed by atoms with Crippen molar-refractivity contribution in [3.63, 3.8) is 0 Å². The summed E-state index contributed by atoms with van der Waals surface area (Å²) >= 11 is 0. The highest BCUT2D eigenvalue weighted by molar-refractivity contribution is 7.89. The second-order valence-electron chi connectivity index (χ2n) is 8.20. The van der Waals surface area contributed by atoms with Crippen LogP contribution in [0.15, 0.2) is 53.4 Å². The quantitative estimate of drug-likeness (QED) is 0.178. The molecule has 2 aromatic rings. The molecule has 0 saturated carbocycles. The van der Waals surface area contributed by atoms with E-state index in [0.29, 0.717) is 12.0 Å². The first-order valence-electron chi connectivity index (χ1n) is 10.9. The van der Waals surface area contributed by atoms with Crippen LogP contribution in [0.2, 0.25) is 0 Å². The number of sulfonamides is 1. The predicted octanol–water partition coefficient (Wildman–Crippen LogP) is 0.640. The van der Waals surface area contributed by atoms with E-state index in [4.69, 9.17) is 20.7 Å². The minimum absolute atomic E-state index is 0.00513. The van der Waals surface area contributed by atoms with E-state index in [-0.39, 0.29) is 29.7 Å². The Balaban J connectivity index is 1.54. The van der Waals surface area contributed by atoms with Crippen LogP contribution in [-0.2, 0) is 29.2 Å². The summed E-state index contributed by atoms with van der Waals surface area (Å²) in [5, 5.41) is 10.0. The Labute approximate surface area is 203 Å². The number of ether oxygens (including phenoxy) is 1. The van der Waals surface area contributed by atoms with Crippen LogP contribution in [0.1, 0.15) is 35.6 Å². The average molecular weight is 504 g/mol. The van der Waals surface area contributed by atoms with Gasteiger partial charge in [-0.3, -0.25) is 19.8 Å². The van der Waals surface area contributed by atoms with Gasteiger partial charge in [-0.25, -0.2) is 8.42 Å². The third kappa shape index (κ3) is 7.09. The van der Waals surface area contributed by atoms with Crippen LogP contribution in [0.5, 0.6) is 0 Å². The molecule has 3 atom stereocenters. The second kappa shape index (κ2) is 11.4. The standard InChI is InChI=1S/C23H29N5O6S/c1-14-4-3-5-18(10-14)35(31,32)28-20(23(30)33-2)13-26-21(29)12-17-11-19(27-34-17)15-6-8-16(9-7-15)22(24)25/h3-10,17,19-20,27-28H,11-13H2,1-2H3,(H3,24,25)(H,26,29)/t17-,19?,20-/m0/s1. The van der Waals surface area contributed by atoms with E-state index in [2.05, 4.69) is 15.5 Å². The van der Waals surface area contributed by atoms with Crippen molar-refractivity contribution in [2.75, 3.05) is 13.7 Å². The molecule has 1 saturated heterocycles. The molecule has 1 amide bonds. The lowest BCUT2D eigenvalue weighted by atomic mass is 9.99. The van der Waals surface area contributed by atoms with Crippen LogP contribution in [0.4, 0.5) is 0 Å². The fraction of sp³-hybridized carbons (Fsp3) is 0.348. The normalized spacial score (nSPS) is 18.6. The van der Waals surface area contributed by atoms with Gasteiger partial charge in [0.2, 0.25) is 15.9 Å². The van der Waals surface area contributed by atoms with Gasteiger partial charge in [0.15, 0.2) is 0 Å². The number of amides is 1. The maximum Gasteiger partial charge on any atom is 0.325 e. The molecular weight excluding hydrogens is 474 g/mol. The summed E-state index contributed by atoms with van der Waals surface area (Å²) in [7, 11) is -2.87. The zero-order valence-electron chi connectivity index (χ0n) is 19.4. The molecule has 0 aromatic heterocycles. The molecule has 188 valence electrons. The van der Waals surface area contributed by atoms with Crippen LogP contribution < -0.4 is 21.3 Å². The lowest BCUT2D eigenvalue weighted by Gasteiger charge is -2.18. The summed E-state index contributed by atoms with van der Waals surface area (Å²) in [5.41, 5.74) is 10.6. The van der Waals surface area contributed by atoms with Crippen molar-refractivity contribution in [1.29, 1.82) is 5.41 Å². The van der Waals surface area contributed by atoms with E-state index < -0.39 is 34.0 Å². The molecule has 1 unspecified atom stereocenters. The van der Waals surface area contributed by atoms with Gasteiger partial charge in [-0.15, -0.1) is 0 Å². The van der Waals surface area contributed by atoms with Crippen molar-refractivity contribution < 1.29 is 27.6 Å². The molecule has 2 aromatic carbocycles. The van der Waals surface area contributed by atoms with Gasteiger partial charge in [0.25, 0.3) is 0 Å². The highest BCUT2D eigenvalue weighted by Gasteiger charge is 2.30. The highest BCUT2D eigenvalue weighted by Crippen LogP contribution is 2.27. The number of carbonyl (C=O) groups excluding carboxylic acids is 2. The molecule has 0 aliphatic carbocycles. The lowest BCUT2D eigenvalue weighted by molar-refractivity contribution is -0.142. The van der Waals surface area contributed by atoms with Gasteiger partial charge >= 0.3 is 5.97 Å². The Morgan fingerprint density at radius 2 is 1.97 bits per heavy atom. The van der Waals surface area contributed by atoms with Crippen molar-refractivity contribution in [2.24, 2.45) is 5.73 Å². The van der Waals surface area contributed by atoms with Crippen LogP contribution in [0.25, 0.3) is 0 Å². The number of methoxy groups -OCH3 is 1.